The second-order valence-electron chi connectivity index (χ2n) is 7.31. The van der Waals surface area contributed by atoms with Crippen LogP contribution in [0, 0.1) is 5.92 Å². The number of nitrogens with two attached hydrogens (primary N) is 1. The van der Waals surface area contributed by atoms with Gasteiger partial charge < -0.3 is 15.8 Å². The molecule has 22 heavy (non-hydrogen) atoms. The van der Waals surface area contributed by atoms with Gasteiger partial charge in [0.15, 0.2) is 0 Å². The predicted molar refractivity (Wildman–Crippen MR) is 89.7 cm³/mol. The molecule has 1 aliphatic carbocycles. The number of hydrogen-bond acceptors (Lipinski definition) is 3. The van der Waals surface area contributed by atoms with Crippen LogP contribution in [0.25, 0.3) is 0 Å². The maximum atomic E-state index is 11.8. The van der Waals surface area contributed by atoms with Gasteiger partial charge in [0.25, 0.3) is 0 Å². The summed E-state index contributed by atoms with van der Waals surface area (Å²) in [4.78, 5) is 11.8. The standard InChI is InChI=1S/C18H28N2O2/c1-18(2,3)22-17(21)20-16-10-6-14(7-11-16)12-13-4-8-15(19)9-5-13/h4-5,8-9,14,16H,6-7,10-12,19H2,1-3H3,(H,20,21). The van der Waals surface area contributed by atoms with Gasteiger partial charge in [-0.3, -0.25) is 0 Å². The summed E-state index contributed by atoms with van der Waals surface area (Å²) in [6.45, 7) is 5.66. The van der Waals surface area contributed by atoms with Crippen LogP contribution in [0.3, 0.4) is 0 Å². The SMILES string of the molecule is CC(C)(C)OC(=O)NC1CCC(Cc2ccc(N)cc2)CC1. The molecule has 2 rings (SSSR count). The molecule has 0 radical (unpaired) electrons. The van der Waals surface area contributed by atoms with Gasteiger partial charge in [-0.1, -0.05) is 12.1 Å². The summed E-state index contributed by atoms with van der Waals surface area (Å²) in [5.74, 6) is 0.695. The monoisotopic (exact) mass is 304 g/mol. The van der Waals surface area contributed by atoms with Gasteiger partial charge in [0, 0.05) is 11.7 Å². The fraction of sp³-hybridized carbons (Fsp3) is 0.611. The molecule has 0 bridgehead atoms. The van der Waals surface area contributed by atoms with Crippen molar-refractivity contribution in [2.75, 3.05) is 5.73 Å². The van der Waals surface area contributed by atoms with E-state index in [0.29, 0.717) is 5.92 Å². The van der Waals surface area contributed by atoms with Crippen LogP contribution in [0.15, 0.2) is 24.3 Å². The highest BCUT2D eigenvalue weighted by Gasteiger charge is 2.24. The third-order valence-corrected chi connectivity index (χ3v) is 4.07. The molecular weight excluding hydrogens is 276 g/mol. The van der Waals surface area contributed by atoms with Crippen LogP contribution in [-0.2, 0) is 11.2 Å². The lowest BCUT2D eigenvalue weighted by atomic mass is 9.82. The zero-order chi connectivity index (χ0) is 16.2. The quantitative estimate of drug-likeness (QED) is 0.833. The molecular formula is C18H28N2O2. The van der Waals surface area contributed by atoms with Gasteiger partial charge in [0.1, 0.15) is 5.60 Å². The second-order valence-corrected chi connectivity index (χ2v) is 7.31. The fourth-order valence-corrected chi connectivity index (χ4v) is 2.97. The van der Waals surface area contributed by atoms with Gasteiger partial charge in [0.2, 0.25) is 0 Å². The van der Waals surface area contributed by atoms with Crippen molar-refractivity contribution in [3.63, 3.8) is 0 Å². The molecule has 0 saturated heterocycles. The lowest BCUT2D eigenvalue weighted by Gasteiger charge is -2.30. The molecule has 4 heteroatoms. The Morgan fingerprint density at radius 1 is 1.18 bits per heavy atom. The number of alkyl carbamates (subject to hydrolysis) is 1. The highest BCUT2D eigenvalue weighted by atomic mass is 16.6. The molecule has 1 amide bonds. The molecule has 1 saturated carbocycles. The molecule has 4 nitrogen and oxygen atoms in total. The van der Waals surface area contributed by atoms with Crippen molar-refractivity contribution in [2.24, 2.45) is 5.92 Å². The normalized spacial score (nSPS) is 22.1. The first kappa shape index (κ1) is 16.7. The third kappa shape index (κ3) is 5.58. The molecule has 1 aliphatic rings. The molecule has 1 fully saturated rings. The predicted octanol–water partition coefficient (Wildman–Crippen LogP) is 3.89. The summed E-state index contributed by atoms with van der Waals surface area (Å²) in [6, 6.07) is 8.40. The Hall–Kier alpha value is -1.71. The number of nitrogens with one attached hydrogen (secondary N) is 1. The van der Waals surface area contributed by atoms with E-state index in [-0.39, 0.29) is 12.1 Å². The van der Waals surface area contributed by atoms with Crippen molar-refractivity contribution in [1.82, 2.24) is 5.32 Å². The molecule has 0 spiro atoms. The minimum Gasteiger partial charge on any atom is -0.444 e. The number of rotatable bonds is 3. The molecule has 0 atom stereocenters. The van der Waals surface area contributed by atoms with E-state index in [1.807, 2.05) is 32.9 Å². The Bertz CT molecular complexity index is 483. The topological polar surface area (TPSA) is 64.3 Å². The van der Waals surface area contributed by atoms with Crippen molar-refractivity contribution in [2.45, 2.75) is 64.5 Å². The van der Waals surface area contributed by atoms with E-state index >= 15 is 0 Å². The van der Waals surface area contributed by atoms with Crippen molar-refractivity contribution >= 4 is 11.8 Å². The Kier molecular flexibility index (Phi) is 5.33. The highest BCUT2D eigenvalue weighted by Crippen LogP contribution is 2.27. The molecule has 1 aromatic carbocycles. The van der Waals surface area contributed by atoms with Crippen LogP contribution < -0.4 is 11.1 Å². The highest BCUT2D eigenvalue weighted by molar-refractivity contribution is 5.68. The number of amides is 1. The largest absolute Gasteiger partial charge is 0.444 e. The summed E-state index contributed by atoms with van der Waals surface area (Å²) in [5.41, 5.74) is 7.44. The molecule has 0 heterocycles. The van der Waals surface area contributed by atoms with E-state index < -0.39 is 5.60 Å². The van der Waals surface area contributed by atoms with Crippen LogP contribution in [-0.4, -0.2) is 17.7 Å². The van der Waals surface area contributed by atoms with Crippen LogP contribution in [0.1, 0.15) is 52.0 Å². The van der Waals surface area contributed by atoms with E-state index in [9.17, 15) is 4.79 Å². The minimum atomic E-state index is -0.434. The fourth-order valence-electron chi connectivity index (χ4n) is 2.97. The van der Waals surface area contributed by atoms with E-state index in [0.717, 1.165) is 37.8 Å². The van der Waals surface area contributed by atoms with Crippen molar-refractivity contribution in [1.29, 1.82) is 0 Å². The van der Waals surface area contributed by atoms with Gasteiger partial charge in [-0.25, -0.2) is 4.79 Å². The molecule has 3 N–H and O–H groups in total. The van der Waals surface area contributed by atoms with Gasteiger partial charge in [-0.15, -0.1) is 0 Å². The van der Waals surface area contributed by atoms with Crippen LogP contribution in [0.5, 0.6) is 0 Å². The number of carbonyl (C=O) groups excluding carboxylic acids is 1. The van der Waals surface area contributed by atoms with Crippen molar-refractivity contribution < 1.29 is 9.53 Å². The lowest BCUT2D eigenvalue weighted by molar-refractivity contribution is 0.0487. The average Bonchev–Trinajstić information content (AvgIpc) is 2.41. The number of nitrogen functional groups attached to an aromatic ring is 1. The van der Waals surface area contributed by atoms with E-state index in [4.69, 9.17) is 10.5 Å². The Morgan fingerprint density at radius 2 is 1.77 bits per heavy atom. The van der Waals surface area contributed by atoms with Crippen LogP contribution in [0.4, 0.5) is 10.5 Å². The molecule has 0 unspecified atom stereocenters. The number of carbonyl (C=O) groups is 1. The number of hydrogen-bond donors (Lipinski definition) is 2. The first-order valence-electron chi connectivity index (χ1n) is 8.16. The first-order chi connectivity index (χ1) is 10.3. The van der Waals surface area contributed by atoms with Gasteiger partial charge in [-0.05, 0) is 76.5 Å². The Balaban J connectivity index is 1.73. The number of ether oxygens (including phenoxy) is 1. The third-order valence-electron chi connectivity index (χ3n) is 4.07. The zero-order valence-electron chi connectivity index (χ0n) is 13.9. The van der Waals surface area contributed by atoms with Crippen molar-refractivity contribution in [3.05, 3.63) is 29.8 Å². The van der Waals surface area contributed by atoms with E-state index in [1.165, 1.54) is 5.56 Å². The molecule has 122 valence electrons. The number of anilines is 1. The van der Waals surface area contributed by atoms with Crippen molar-refractivity contribution in [3.8, 4) is 0 Å². The summed E-state index contributed by atoms with van der Waals surface area (Å²) < 4.78 is 5.31. The first-order valence-corrected chi connectivity index (χ1v) is 8.16. The summed E-state index contributed by atoms with van der Waals surface area (Å²) in [5, 5.41) is 2.99. The van der Waals surface area contributed by atoms with Gasteiger partial charge >= 0.3 is 6.09 Å². The van der Waals surface area contributed by atoms with E-state index in [2.05, 4.69) is 17.4 Å². The smallest absolute Gasteiger partial charge is 0.407 e. The summed E-state index contributed by atoms with van der Waals surface area (Å²) in [6.07, 6.45) is 5.14. The van der Waals surface area contributed by atoms with Gasteiger partial charge in [0.05, 0.1) is 0 Å². The average molecular weight is 304 g/mol. The zero-order valence-corrected chi connectivity index (χ0v) is 13.9. The second kappa shape index (κ2) is 7.03. The Morgan fingerprint density at radius 3 is 2.32 bits per heavy atom. The lowest BCUT2D eigenvalue weighted by Crippen LogP contribution is -2.41. The van der Waals surface area contributed by atoms with E-state index in [1.54, 1.807) is 0 Å². The summed E-state index contributed by atoms with van der Waals surface area (Å²) >= 11 is 0. The minimum absolute atomic E-state index is 0.248. The Labute approximate surface area is 133 Å². The summed E-state index contributed by atoms with van der Waals surface area (Å²) in [7, 11) is 0. The maximum absolute atomic E-state index is 11.8. The molecule has 0 aromatic heterocycles. The van der Waals surface area contributed by atoms with Gasteiger partial charge in [-0.2, -0.15) is 0 Å². The molecule has 0 aliphatic heterocycles. The molecule has 1 aromatic rings. The van der Waals surface area contributed by atoms with Crippen LogP contribution in [0.2, 0.25) is 0 Å². The van der Waals surface area contributed by atoms with Crippen LogP contribution >= 0.6 is 0 Å². The maximum Gasteiger partial charge on any atom is 0.407 e. The number of benzene rings is 1.